The zero-order chi connectivity index (χ0) is 25.3. The van der Waals surface area contributed by atoms with Crippen LogP contribution in [-0.4, -0.2) is 34.9 Å². The van der Waals surface area contributed by atoms with E-state index in [4.69, 9.17) is 9.47 Å². The van der Waals surface area contributed by atoms with Crippen LogP contribution in [0.15, 0.2) is 90.3 Å². The molecule has 9 nitrogen and oxygen atoms in total. The molecule has 182 valence electrons. The maximum absolute atomic E-state index is 13.1. The van der Waals surface area contributed by atoms with Gasteiger partial charge in [0.25, 0.3) is 11.8 Å². The largest absolute Gasteiger partial charge is 0.493 e. The molecule has 2 amide bonds. The fourth-order valence-corrected chi connectivity index (χ4v) is 3.17. The van der Waals surface area contributed by atoms with Gasteiger partial charge in [0, 0.05) is 29.2 Å². The Kier molecular flexibility index (Phi) is 7.66. The van der Waals surface area contributed by atoms with Crippen molar-refractivity contribution in [2.24, 2.45) is 5.10 Å². The summed E-state index contributed by atoms with van der Waals surface area (Å²) in [5.41, 5.74) is 4.13. The van der Waals surface area contributed by atoms with Gasteiger partial charge in [-0.25, -0.2) is 14.5 Å². The number of amides is 2. The molecular formula is C26H22FN5O4. The van der Waals surface area contributed by atoms with Crippen LogP contribution < -0.4 is 20.2 Å². The Morgan fingerprint density at radius 3 is 2.58 bits per heavy atom. The number of hydrogen-bond donors (Lipinski definition) is 2. The molecule has 0 saturated heterocycles. The standard InChI is InChI=1S/C26H22FN5O4/c1-35-23-11-6-18(14-24(23)36-17-32-13-3-12-29-32)16-28-31-26(34)20-4-2-5-22(15-20)30-25(33)19-7-9-21(27)10-8-19/h2-16H,17H2,1H3,(H,30,33)(H,31,34)/b28-16+. The molecule has 0 fully saturated rings. The lowest BCUT2D eigenvalue weighted by Crippen LogP contribution is -2.18. The molecule has 1 aromatic heterocycles. The van der Waals surface area contributed by atoms with E-state index in [9.17, 15) is 14.0 Å². The van der Waals surface area contributed by atoms with E-state index in [-0.39, 0.29) is 6.73 Å². The minimum Gasteiger partial charge on any atom is -0.493 e. The van der Waals surface area contributed by atoms with Crippen molar-refractivity contribution in [1.82, 2.24) is 15.2 Å². The van der Waals surface area contributed by atoms with Gasteiger partial charge in [0.05, 0.1) is 13.3 Å². The van der Waals surface area contributed by atoms with Crippen LogP contribution in [0.4, 0.5) is 10.1 Å². The highest BCUT2D eigenvalue weighted by Gasteiger charge is 2.10. The van der Waals surface area contributed by atoms with Crippen molar-refractivity contribution in [3.8, 4) is 11.5 Å². The molecule has 0 unspecified atom stereocenters. The highest BCUT2D eigenvalue weighted by atomic mass is 19.1. The topological polar surface area (TPSA) is 107 Å². The van der Waals surface area contributed by atoms with Crippen LogP contribution in [-0.2, 0) is 6.73 Å². The van der Waals surface area contributed by atoms with E-state index in [0.29, 0.717) is 33.9 Å². The summed E-state index contributed by atoms with van der Waals surface area (Å²) in [5.74, 6) is -0.280. The van der Waals surface area contributed by atoms with Crippen LogP contribution >= 0.6 is 0 Å². The predicted octanol–water partition coefficient (Wildman–Crippen LogP) is 4.08. The van der Waals surface area contributed by atoms with E-state index in [1.165, 1.54) is 36.5 Å². The molecule has 10 heteroatoms. The summed E-state index contributed by atoms with van der Waals surface area (Å²) < 4.78 is 25.8. The number of anilines is 1. The Balaban J connectivity index is 1.37. The van der Waals surface area contributed by atoms with E-state index < -0.39 is 17.6 Å². The number of nitrogens with one attached hydrogen (secondary N) is 2. The van der Waals surface area contributed by atoms with E-state index in [0.717, 1.165) is 0 Å². The van der Waals surface area contributed by atoms with Crippen LogP contribution in [0.3, 0.4) is 0 Å². The van der Waals surface area contributed by atoms with Gasteiger partial charge in [-0.2, -0.15) is 10.2 Å². The number of carbonyl (C=O) groups excluding carboxylic acids is 2. The number of halogens is 1. The van der Waals surface area contributed by atoms with Crippen LogP contribution in [0, 0.1) is 5.82 Å². The summed E-state index contributed by atoms with van der Waals surface area (Å²) in [6.07, 6.45) is 4.90. The van der Waals surface area contributed by atoms with Gasteiger partial charge in [0.2, 0.25) is 0 Å². The minimum absolute atomic E-state index is 0.203. The Morgan fingerprint density at radius 2 is 1.83 bits per heavy atom. The molecule has 4 rings (SSSR count). The maximum atomic E-state index is 13.1. The SMILES string of the molecule is COc1ccc(/C=N/NC(=O)c2cccc(NC(=O)c3ccc(F)cc3)c2)cc1OCn1cccn1. The average molecular weight is 487 g/mol. The molecule has 0 spiro atoms. The lowest BCUT2D eigenvalue weighted by atomic mass is 10.1. The number of nitrogens with zero attached hydrogens (tertiary/aromatic N) is 3. The Hall–Kier alpha value is -4.99. The molecule has 36 heavy (non-hydrogen) atoms. The summed E-state index contributed by atoms with van der Waals surface area (Å²) in [7, 11) is 1.54. The third-order valence-corrected chi connectivity index (χ3v) is 4.97. The van der Waals surface area contributed by atoms with Crippen molar-refractivity contribution in [3.63, 3.8) is 0 Å². The van der Waals surface area contributed by atoms with Gasteiger partial charge < -0.3 is 14.8 Å². The number of benzene rings is 3. The first-order valence-corrected chi connectivity index (χ1v) is 10.8. The molecule has 0 radical (unpaired) electrons. The van der Waals surface area contributed by atoms with Gasteiger partial charge in [0.1, 0.15) is 5.82 Å². The molecule has 0 bridgehead atoms. The number of hydrogen-bond acceptors (Lipinski definition) is 6. The van der Waals surface area contributed by atoms with Crippen molar-refractivity contribution in [3.05, 3.63) is 108 Å². The molecule has 0 aliphatic heterocycles. The third kappa shape index (κ3) is 6.32. The zero-order valence-corrected chi connectivity index (χ0v) is 19.2. The Bertz CT molecular complexity index is 1370. The van der Waals surface area contributed by atoms with E-state index >= 15 is 0 Å². The first kappa shape index (κ1) is 24.1. The first-order valence-electron chi connectivity index (χ1n) is 10.8. The lowest BCUT2D eigenvalue weighted by molar-refractivity contribution is 0.0953. The van der Waals surface area contributed by atoms with Crippen molar-refractivity contribution in [2.45, 2.75) is 6.73 Å². The van der Waals surface area contributed by atoms with Crippen LogP contribution in [0.5, 0.6) is 11.5 Å². The maximum Gasteiger partial charge on any atom is 0.271 e. The number of hydrazone groups is 1. The van der Waals surface area contributed by atoms with Crippen LogP contribution in [0.2, 0.25) is 0 Å². The number of aromatic nitrogens is 2. The molecule has 0 saturated carbocycles. The molecule has 3 aromatic carbocycles. The van der Waals surface area contributed by atoms with Gasteiger partial charge in [-0.15, -0.1) is 0 Å². The summed E-state index contributed by atoms with van der Waals surface area (Å²) in [4.78, 5) is 24.9. The van der Waals surface area contributed by atoms with Gasteiger partial charge >= 0.3 is 0 Å². The van der Waals surface area contributed by atoms with Crippen molar-refractivity contribution in [1.29, 1.82) is 0 Å². The van der Waals surface area contributed by atoms with E-state index in [1.54, 1.807) is 66.6 Å². The average Bonchev–Trinajstić information content (AvgIpc) is 3.42. The lowest BCUT2D eigenvalue weighted by Gasteiger charge is -2.11. The number of methoxy groups -OCH3 is 1. The van der Waals surface area contributed by atoms with E-state index in [1.807, 2.05) is 0 Å². The molecule has 4 aromatic rings. The van der Waals surface area contributed by atoms with Crippen molar-refractivity contribution < 1.29 is 23.5 Å². The molecule has 0 aliphatic carbocycles. The Labute approximate surface area is 206 Å². The summed E-state index contributed by atoms with van der Waals surface area (Å²) in [6.45, 7) is 0.203. The summed E-state index contributed by atoms with van der Waals surface area (Å²) in [5, 5.41) is 10.8. The molecule has 0 atom stereocenters. The van der Waals surface area contributed by atoms with Crippen LogP contribution in [0.1, 0.15) is 26.3 Å². The second kappa shape index (κ2) is 11.4. The molecule has 2 N–H and O–H groups in total. The first-order chi connectivity index (χ1) is 17.5. The van der Waals surface area contributed by atoms with Crippen molar-refractivity contribution in [2.75, 3.05) is 12.4 Å². The van der Waals surface area contributed by atoms with Gasteiger partial charge in [-0.1, -0.05) is 6.07 Å². The predicted molar refractivity (Wildman–Crippen MR) is 132 cm³/mol. The molecular weight excluding hydrogens is 465 g/mol. The normalized spacial score (nSPS) is 10.7. The van der Waals surface area contributed by atoms with Gasteiger partial charge in [-0.05, 0) is 72.3 Å². The monoisotopic (exact) mass is 487 g/mol. The second-order valence-electron chi connectivity index (χ2n) is 7.47. The third-order valence-electron chi connectivity index (χ3n) is 4.97. The highest BCUT2D eigenvalue weighted by Crippen LogP contribution is 2.27. The summed E-state index contributed by atoms with van der Waals surface area (Å²) in [6, 6.07) is 18.6. The van der Waals surface area contributed by atoms with E-state index in [2.05, 4.69) is 20.9 Å². The van der Waals surface area contributed by atoms with Crippen molar-refractivity contribution >= 4 is 23.7 Å². The molecule has 0 aliphatic rings. The summed E-state index contributed by atoms with van der Waals surface area (Å²) >= 11 is 0. The highest BCUT2D eigenvalue weighted by molar-refractivity contribution is 6.05. The number of ether oxygens (including phenoxy) is 2. The second-order valence-corrected chi connectivity index (χ2v) is 7.47. The van der Waals surface area contributed by atoms with Gasteiger partial charge in [0.15, 0.2) is 18.2 Å². The number of carbonyl (C=O) groups is 2. The quantitative estimate of drug-likeness (QED) is 0.273. The van der Waals surface area contributed by atoms with Gasteiger partial charge in [-0.3, -0.25) is 9.59 Å². The minimum atomic E-state index is -0.465. The fraction of sp³-hybridized carbons (Fsp3) is 0.0769. The van der Waals surface area contributed by atoms with Crippen LogP contribution in [0.25, 0.3) is 0 Å². The zero-order valence-electron chi connectivity index (χ0n) is 19.2. The smallest absolute Gasteiger partial charge is 0.271 e. The Morgan fingerprint density at radius 1 is 1.00 bits per heavy atom. The molecule has 1 heterocycles. The fourth-order valence-electron chi connectivity index (χ4n) is 3.17. The number of rotatable bonds is 9.